The van der Waals surface area contributed by atoms with E-state index in [1.54, 1.807) is 0 Å². The molecule has 0 rings (SSSR count). The van der Waals surface area contributed by atoms with E-state index in [4.69, 9.17) is 11.2 Å². The molecule has 1 unspecified atom stereocenters. The van der Waals surface area contributed by atoms with E-state index < -0.39 is 0 Å². The molecule has 3 nitrogen and oxygen atoms in total. The molecule has 0 heterocycles. The minimum absolute atomic E-state index is 0.0921. The highest BCUT2D eigenvalue weighted by atomic mass is 16.5. The lowest BCUT2D eigenvalue weighted by Gasteiger charge is -2.09. The summed E-state index contributed by atoms with van der Waals surface area (Å²) in [6.45, 7) is 5.29. The van der Waals surface area contributed by atoms with Gasteiger partial charge in [-0.05, 0) is 32.7 Å². The zero-order chi connectivity index (χ0) is 12.2. The third-order valence-corrected chi connectivity index (χ3v) is 2.36. The van der Waals surface area contributed by atoms with Crippen LogP contribution in [0.5, 0.6) is 0 Å². The Morgan fingerprint density at radius 3 is 2.69 bits per heavy atom. The maximum atomic E-state index is 11.0. The van der Waals surface area contributed by atoms with Crippen molar-refractivity contribution in [2.75, 3.05) is 13.2 Å². The van der Waals surface area contributed by atoms with E-state index in [1.165, 1.54) is 0 Å². The average molecular weight is 225 g/mol. The van der Waals surface area contributed by atoms with Gasteiger partial charge in [-0.25, -0.2) is 0 Å². The van der Waals surface area contributed by atoms with Crippen LogP contribution in [0.25, 0.3) is 0 Å². The van der Waals surface area contributed by atoms with Gasteiger partial charge in [-0.2, -0.15) is 0 Å². The summed E-state index contributed by atoms with van der Waals surface area (Å²) in [7, 11) is 0. The summed E-state index contributed by atoms with van der Waals surface area (Å²) in [6, 6.07) is 0.185. The zero-order valence-electron chi connectivity index (χ0n) is 10.4. The van der Waals surface area contributed by atoms with Crippen LogP contribution in [0, 0.1) is 12.3 Å². The second-order valence-electron chi connectivity index (χ2n) is 3.70. The molecule has 0 saturated carbocycles. The summed E-state index contributed by atoms with van der Waals surface area (Å²) in [5.74, 6) is 2.60. The van der Waals surface area contributed by atoms with Crippen molar-refractivity contribution in [2.45, 2.75) is 52.0 Å². The fourth-order valence-corrected chi connectivity index (χ4v) is 1.40. The van der Waals surface area contributed by atoms with Crippen molar-refractivity contribution in [1.29, 1.82) is 0 Å². The molecule has 0 saturated heterocycles. The van der Waals surface area contributed by atoms with Gasteiger partial charge in [0, 0.05) is 6.42 Å². The molecule has 0 aromatic rings. The number of ether oxygens (including phenoxy) is 1. The lowest BCUT2D eigenvalue weighted by molar-refractivity contribution is -0.143. The van der Waals surface area contributed by atoms with E-state index in [1.807, 2.05) is 6.92 Å². The fraction of sp³-hybridized carbons (Fsp3) is 0.769. The zero-order valence-corrected chi connectivity index (χ0v) is 10.4. The van der Waals surface area contributed by atoms with Crippen molar-refractivity contribution in [3.05, 3.63) is 0 Å². The topological polar surface area (TPSA) is 38.3 Å². The Kier molecular flexibility index (Phi) is 9.84. The van der Waals surface area contributed by atoms with Gasteiger partial charge in [-0.3, -0.25) is 4.79 Å². The Balaban J connectivity index is 3.28. The van der Waals surface area contributed by atoms with E-state index >= 15 is 0 Å². The van der Waals surface area contributed by atoms with Gasteiger partial charge in [0.2, 0.25) is 0 Å². The summed E-state index contributed by atoms with van der Waals surface area (Å²) in [4.78, 5) is 11.0. The largest absolute Gasteiger partial charge is 0.466 e. The van der Waals surface area contributed by atoms with Crippen LogP contribution in [-0.4, -0.2) is 25.2 Å². The summed E-state index contributed by atoms with van der Waals surface area (Å²) in [5, 5.41) is 3.28. The predicted octanol–water partition coefficient (Wildman–Crippen LogP) is 2.11. The van der Waals surface area contributed by atoms with E-state index in [9.17, 15) is 4.79 Å². The smallest absolute Gasteiger partial charge is 0.305 e. The van der Waals surface area contributed by atoms with Gasteiger partial charge < -0.3 is 10.1 Å². The minimum Gasteiger partial charge on any atom is -0.466 e. The van der Waals surface area contributed by atoms with Crippen molar-refractivity contribution in [3.8, 4) is 12.3 Å². The molecule has 0 aromatic carbocycles. The van der Waals surface area contributed by atoms with Crippen LogP contribution in [0.15, 0.2) is 0 Å². The lowest BCUT2D eigenvalue weighted by Crippen LogP contribution is -2.27. The first-order valence-corrected chi connectivity index (χ1v) is 6.09. The first-order chi connectivity index (χ1) is 7.74. The lowest BCUT2D eigenvalue weighted by atomic mass is 10.2. The van der Waals surface area contributed by atoms with Crippen LogP contribution in [0.3, 0.4) is 0 Å². The summed E-state index contributed by atoms with van der Waals surface area (Å²) < 4.78 is 4.84. The third kappa shape index (κ3) is 8.31. The van der Waals surface area contributed by atoms with Crippen molar-refractivity contribution < 1.29 is 9.53 Å². The molecule has 0 aliphatic heterocycles. The molecule has 0 radical (unpaired) electrons. The number of hydrogen-bond acceptors (Lipinski definition) is 3. The van der Waals surface area contributed by atoms with Gasteiger partial charge in [0.25, 0.3) is 0 Å². The first-order valence-electron chi connectivity index (χ1n) is 6.09. The van der Waals surface area contributed by atoms with Gasteiger partial charge in [0.05, 0.1) is 12.6 Å². The number of carbonyl (C=O) groups excluding carboxylic acids is 1. The summed E-state index contributed by atoms with van der Waals surface area (Å²) in [6.07, 6.45) is 9.79. The molecule has 0 aliphatic carbocycles. The van der Waals surface area contributed by atoms with Crippen LogP contribution < -0.4 is 5.32 Å². The number of carbonyl (C=O) groups is 1. The molecule has 0 spiro atoms. The molecule has 1 atom stereocenters. The van der Waals surface area contributed by atoms with E-state index in [-0.39, 0.29) is 12.0 Å². The van der Waals surface area contributed by atoms with Crippen molar-refractivity contribution >= 4 is 5.97 Å². The Bertz CT molecular complexity index is 220. The van der Waals surface area contributed by atoms with Gasteiger partial charge in [0.1, 0.15) is 0 Å². The van der Waals surface area contributed by atoms with E-state index in [2.05, 4.69) is 18.2 Å². The molecule has 0 fully saturated rings. The van der Waals surface area contributed by atoms with Crippen molar-refractivity contribution in [3.63, 3.8) is 0 Å². The fourth-order valence-electron chi connectivity index (χ4n) is 1.40. The van der Waals surface area contributed by atoms with Crippen molar-refractivity contribution in [1.82, 2.24) is 5.32 Å². The van der Waals surface area contributed by atoms with Gasteiger partial charge >= 0.3 is 5.97 Å². The van der Waals surface area contributed by atoms with Crippen molar-refractivity contribution in [2.24, 2.45) is 0 Å². The molecule has 1 N–H and O–H groups in total. The number of nitrogens with one attached hydrogen (secondary N) is 1. The first kappa shape index (κ1) is 15.0. The number of esters is 1. The maximum absolute atomic E-state index is 11.0. The van der Waals surface area contributed by atoms with Gasteiger partial charge in [-0.15, -0.1) is 6.42 Å². The van der Waals surface area contributed by atoms with Crippen LogP contribution in [0.4, 0.5) is 0 Å². The molecular weight excluding hydrogens is 202 g/mol. The van der Waals surface area contributed by atoms with Crippen LogP contribution in [0.2, 0.25) is 0 Å². The normalized spacial score (nSPS) is 11.8. The Morgan fingerprint density at radius 2 is 2.12 bits per heavy atom. The maximum Gasteiger partial charge on any atom is 0.305 e. The third-order valence-electron chi connectivity index (χ3n) is 2.36. The molecule has 3 heteroatoms. The minimum atomic E-state index is -0.0921. The SMILES string of the molecule is C#CC(CC)NCCCCCC(=O)OCC. The Morgan fingerprint density at radius 1 is 1.38 bits per heavy atom. The monoisotopic (exact) mass is 225 g/mol. The number of unbranched alkanes of at least 4 members (excludes halogenated alkanes) is 2. The molecule has 0 amide bonds. The van der Waals surface area contributed by atoms with Gasteiger partial charge in [-0.1, -0.05) is 19.3 Å². The predicted molar refractivity (Wildman–Crippen MR) is 66.0 cm³/mol. The number of hydrogen-bond donors (Lipinski definition) is 1. The number of terminal acetylenes is 1. The molecule has 0 bridgehead atoms. The van der Waals surface area contributed by atoms with Crippen LogP contribution in [0.1, 0.15) is 46.0 Å². The standard InChI is InChI=1S/C13H23NO2/c1-4-12(5-2)14-11-9-7-8-10-13(15)16-6-3/h1,12,14H,5-11H2,2-3H3. The van der Waals surface area contributed by atoms with E-state index in [0.717, 1.165) is 32.2 Å². The van der Waals surface area contributed by atoms with Crippen LogP contribution in [-0.2, 0) is 9.53 Å². The molecule has 0 aromatic heterocycles. The second-order valence-corrected chi connectivity index (χ2v) is 3.70. The number of rotatable bonds is 9. The highest BCUT2D eigenvalue weighted by Gasteiger charge is 2.02. The highest BCUT2D eigenvalue weighted by molar-refractivity contribution is 5.69. The molecular formula is C13H23NO2. The molecule has 0 aliphatic rings. The average Bonchev–Trinajstić information content (AvgIpc) is 2.29. The van der Waals surface area contributed by atoms with Crippen LogP contribution >= 0.6 is 0 Å². The van der Waals surface area contributed by atoms with E-state index in [0.29, 0.717) is 13.0 Å². The molecule has 16 heavy (non-hydrogen) atoms. The summed E-state index contributed by atoms with van der Waals surface area (Å²) >= 11 is 0. The quantitative estimate of drug-likeness (QED) is 0.371. The summed E-state index contributed by atoms with van der Waals surface area (Å²) in [5.41, 5.74) is 0. The Hall–Kier alpha value is -1.01. The molecule has 92 valence electrons. The van der Waals surface area contributed by atoms with Gasteiger partial charge in [0.15, 0.2) is 0 Å². The highest BCUT2D eigenvalue weighted by Crippen LogP contribution is 2.01. The second kappa shape index (κ2) is 10.5. The Labute approximate surface area is 98.9 Å².